The number of benzene rings is 2. The molecule has 1 atom stereocenters. The highest BCUT2D eigenvalue weighted by molar-refractivity contribution is 5.83. The number of fused-ring (bicyclic) bond motifs is 1. The molecule has 2 N–H and O–H groups in total. The molecule has 0 unspecified atom stereocenters. The second kappa shape index (κ2) is 7.49. The molecule has 0 saturated heterocycles. The van der Waals surface area contributed by atoms with Crippen LogP contribution < -0.4 is 10.9 Å². The molecule has 134 valence electrons. The molecule has 6 nitrogen and oxygen atoms in total. The van der Waals surface area contributed by atoms with Crippen LogP contribution in [-0.2, 0) is 11.3 Å². The number of amides is 1. The summed E-state index contributed by atoms with van der Waals surface area (Å²) in [6, 6.07) is 14.5. The molecule has 0 bridgehead atoms. The van der Waals surface area contributed by atoms with Gasteiger partial charge in [0, 0.05) is 0 Å². The van der Waals surface area contributed by atoms with Gasteiger partial charge in [0.2, 0.25) is 5.91 Å². The maximum atomic E-state index is 12.8. The molecule has 0 aliphatic heterocycles. The minimum absolute atomic E-state index is 0.139. The van der Waals surface area contributed by atoms with Crippen LogP contribution in [0.2, 0.25) is 0 Å². The number of aromatic amines is 1. The van der Waals surface area contributed by atoms with Gasteiger partial charge in [0.15, 0.2) is 0 Å². The molecule has 26 heavy (non-hydrogen) atoms. The van der Waals surface area contributed by atoms with Gasteiger partial charge in [-0.1, -0.05) is 36.4 Å². The lowest BCUT2D eigenvalue weighted by molar-refractivity contribution is -0.126. The van der Waals surface area contributed by atoms with Crippen LogP contribution >= 0.6 is 0 Å². The molecule has 0 spiro atoms. The molecule has 3 aromatic rings. The Morgan fingerprint density at radius 1 is 1.15 bits per heavy atom. The van der Waals surface area contributed by atoms with Crippen LogP contribution in [0.3, 0.4) is 0 Å². The zero-order valence-corrected chi connectivity index (χ0v) is 15.1. The summed E-state index contributed by atoms with van der Waals surface area (Å²) in [5.41, 5.74) is 2.42. The highest BCUT2D eigenvalue weighted by atomic mass is 16.2. The Balaban J connectivity index is 1.81. The third-order valence-electron chi connectivity index (χ3n) is 4.34. The maximum absolute atomic E-state index is 12.8. The zero-order chi connectivity index (χ0) is 18.7. The first-order valence-corrected chi connectivity index (χ1v) is 8.45. The second-order valence-corrected chi connectivity index (χ2v) is 6.47. The van der Waals surface area contributed by atoms with Crippen molar-refractivity contribution in [3.05, 3.63) is 75.8 Å². The molecule has 0 aliphatic rings. The predicted octanol–water partition coefficient (Wildman–Crippen LogP) is 2.15. The monoisotopic (exact) mass is 350 g/mol. The second-order valence-electron chi connectivity index (χ2n) is 6.47. The molecule has 3 rings (SSSR count). The number of para-hydroxylation sites is 1. The van der Waals surface area contributed by atoms with Crippen molar-refractivity contribution in [2.24, 2.45) is 0 Å². The number of carbonyl (C=O) groups is 1. The first-order valence-electron chi connectivity index (χ1n) is 8.45. The largest absolute Gasteiger partial charge is 0.347 e. The summed E-state index contributed by atoms with van der Waals surface area (Å²) in [4.78, 5) is 33.9. The van der Waals surface area contributed by atoms with E-state index in [4.69, 9.17) is 0 Å². The van der Waals surface area contributed by atoms with Gasteiger partial charge in [0.25, 0.3) is 5.56 Å². The van der Waals surface area contributed by atoms with Crippen molar-refractivity contribution in [3.8, 4) is 0 Å². The summed E-state index contributed by atoms with van der Waals surface area (Å²) < 4.78 is 0. The lowest BCUT2D eigenvalue weighted by atomic mass is 10.00. The van der Waals surface area contributed by atoms with Crippen molar-refractivity contribution in [1.82, 2.24) is 20.2 Å². The number of likely N-dealkylation sites (N-methyl/N-ethyl adjacent to an activating group) is 1. The molecule has 0 saturated carbocycles. The number of hydrogen-bond acceptors (Lipinski definition) is 4. The molecule has 1 heterocycles. The Hall–Kier alpha value is -2.99. The van der Waals surface area contributed by atoms with E-state index in [1.807, 2.05) is 56.3 Å². The van der Waals surface area contributed by atoms with E-state index >= 15 is 0 Å². The summed E-state index contributed by atoms with van der Waals surface area (Å²) in [5.74, 6) is 0.296. The van der Waals surface area contributed by atoms with Crippen LogP contribution in [0.25, 0.3) is 10.9 Å². The van der Waals surface area contributed by atoms with E-state index < -0.39 is 6.04 Å². The summed E-state index contributed by atoms with van der Waals surface area (Å²) >= 11 is 0. The van der Waals surface area contributed by atoms with Gasteiger partial charge in [-0.25, -0.2) is 4.98 Å². The van der Waals surface area contributed by atoms with E-state index in [9.17, 15) is 9.59 Å². The minimum atomic E-state index is -0.414. The molecule has 6 heteroatoms. The molecule has 2 aromatic carbocycles. The van der Waals surface area contributed by atoms with Crippen molar-refractivity contribution in [2.45, 2.75) is 19.5 Å². The Morgan fingerprint density at radius 2 is 1.85 bits per heavy atom. The van der Waals surface area contributed by atoms with Gasteiger partial charge in [0.1, 0.15) is 11.9 Å². The first-order chi connectivity index (χ1) is 12.5. The molecule has 1 aromatic heterocycles. The van der Waals surface area contributed by atoms with E-state index in [1.54, 1.807) is 18.2 Å². The molecular weight excluding hydrogens is 328 g/mol. The minimum Gasteiger partial charge on any atom is -0.347 e. The molecule has 0 radical (unpaired) electrons. The molecule has 0 aliphatic carbocycles. The number of hydrogen-bond donors (Lipinski definition) is 2. The fourth-order valence-electron chi connectivity index (χ4n) is 3.03. The number of aryl methyl sites for hydroxylation is 1. The smallest absolute Gasteiger partial charge is 0.258 e. The van der Waals surface area contributed by atoms with E-state index in [1.165, 1.54) is 0 Å². The topological polar surface area (TPSA) is 78.1 Å². The van der Waals surface area contributed by atoms with E-state index in [0.717, 1.165) is 11.1 Å². The van der Waals surface area contributed by atoms with Gasteiger partial charge in [-0.05, 0) is 44.3 Å². The maximum Gasteiger partial charge on any atom is 0.258 e. The standard InChI is InChI=1S/C20H22N4O2/c1-13-8-4-5-9-14(13)18(24(2)3)20(26)21-12-17-22-16-11-7-6-10-15(16)19(25)23-17/h4-11,18H,12H2,1-3H3,(H,21,26)(H,22,23,25)/t18-/m1/s1. The molecule has 1 amide bonds. The van der Waals surface area contributed by atoms with Crippen molar-refractivity contribution < 1.29 is 4.79 Å². The summed E-state index contributed by atoms with van der Waals surface area (Å²) in [7, 11) is 3.74. The van der Waals surface area contributed by atoms with Crippen molar-refractivity contribution >= 4 is 16.8 Å². The normalized spacial score (nSPS) is 12.3. The quantitative estimate of drug-likeness (QED) is 0.739. The Morgan fingerprint density at radius 3 is 2.58 bits per heavy atom. The summed E-state index contributed by atoms with van der Waals surface area (Å²) in [6.07, 6.45) is 0. The van der Waals surface area contributed by atoms with Gasteiger partial charge in [-0.3, -0.25) is 14.5 Å². The molecular formula is C20H22N4O2. The number of H-pyrrole nitrogens is 1. The third kappa shape index (κ3) is 3.65. The first kappa shape index (κ1) is 17.8. The number of rotatable bonds is 5. The predicted molar refractivity (Wildman–Crippen MR) is 102 cm³/mol. The van der Waals surface area contributed by atoms with E-state index in [-0.39, 0.29) is 18.0 Å². The van der Waals surface area contributed by atoms with Crippen LogP contribution in [0.4, 0.5) is 0 Å². The number of nitrogens with zero attached hydrogens (tertiary/aromatic N) is 2. The average molecular weight is 350 g/mol. The van der Waals surface area contributed by atoms with Crippen LogP contribution in [0.1, 0.15) is 23.0 Å². The Kier molecular flexibility index (Phi) is 5.14. The number of carbonyl (C=O) groups excluding carboxylic acids is 1. The zero-order valence-electron chi connectivity index (χ0n) is 15.1. The Bertz CT molecular complexity index is 994. The Labute approximate surface area is 151 Å². The average Bonchev–Trinajstić information content (AvgIpc) is 2.61. The van der Waals surface area contributed by atoms with Crippen LogP contribution in [0, 0.1) is 6.92 Å². The van der Waals surface area contributed by atoms with Crippen molar-refractivity contribution in [3.63, 3.8) is 0 Å². The van der Waals surface area contributed by atoms with Crippen molar-refractivity contribution in [1.29, 1.82) is 0 Å². The molecule has 0 fully saturated rings. The third-order valence-corrected chi connectivity index (χ3v) is 4.34. The van der Waals surface area contributed by atoms with Gasteiger partial charge in [-0.2, -0.15) is 0 Å². The van der Waals surface area contributed by atoms with Gasteiger partial charge in [-0.15, -0.1) is 0 Å². The van der Waals surface area contributed by atoms with Gasteiger partial charge in [0.05, 0.1) is 17.4 Å². The van der Waals surface area contributed by atoms with E-state index in [0.29, 0.717) is 16.7 Å². The fourth-order valence-corrected chi connectivity index (χ4v) is 3.03. The summed E-state index contributed by atoms with van der Waals surface area (Å²) in [5, 5.41) is 3.42. The SMILES string of the molecule is Cc1ccccc1[C@H](C(=O)NCc1nc2ccccc2c(=O)[nH]1)N(C)C. The number of aromatic nitrogens is 2. The van der Waals surface area contributed by atoms with Crippen LogP contribution in [0.15, 0.2) is 53.3 Å². The van der Waals surface area contributed by atoms with Gasteiger partial charge < -0.3 is 10.3 Å². The van der Waals surface area contributed by atoms with Crippen LogP contribution in [-0.4, -0.2) is 34.9 Å². The highest BCUT2D eigenvalue weighted by Crippen LogP contribution is 2.22. The summed E-state index contributed by atoms with van der Waals surface area (Å²) in [6.45, 7) is 2.15. The number of nitrogens with one attached hydrogen (secondary N) is 2. The van der Waals surface area contributed by atoms with E-state index in [2.05, 4.69) is 15.3 Å². The highest BCUT2D eigenvalue weighted by Gasteiger charge is 2.24. The lowest BCUT2D eigenvalue weighted by Gasteiger charge is -2.25. The fraction of sp³-hybridized carbons (Fsp3) is 0.250. The van der Waals surface area contributed by atoms with Crippen molar-refractivity contribution in [2.75, 3.05) is 14.1 Å². The van der Waals surface area contributed by atoms with Gasteiger partial charge >= 0.3 is 0 Å². The van der Waals surface area contributed by atoms with Crippen LogP contribution in [0.5, 0.6) is 0 Å². The lowest BCUT2D eigenvalue weighted by Crippen LogP contribution is -2.37.